The van der Waals surface area contributed by atoms with Crippen molar-refractivity contribution in [1.82, 2.24) is 5.06 Å². The number of unbranched alkanes of at least 4 members (excludes halogenated alkanes) is 14. The van der Waals surface area contributed by atoms with Gasteiger partial charge in [0.25, 0.3) is 0 Å². The molecule has 0 amide bonds. The first-order valence-corrected chi connectivity index (χ1v) is 10.2. The second-order valence-electron chi connectivity index (χ2n) is 6.90. The summed E-state index contributed by atoms with van der Waals surface area (Å²) in [4.78, 5) is 0. The largest absolute Gasteiger partial charge is 0.314 e. The molecule has 22 heavy (non-hydrogen) atoms. The van der Waals surface area contributed by atoms with Gasteiger partial charge in [0, 0.05) is 13.1 Å². The molecule has 0 spiro atoms. The zero-order valence-corrected chi connectivity index (χ0v) is 15.6. The van der Waals surface area contributed by atoms with E-state index in [1.165, 1.54) is 89.9 Å². The Hall–Kier alpha value is -0.0800. The highest BCUT2D eigenvalue weighted by atomic mass is 16.5. The Morgan fingerprint density at radius 1 is 0.455 bits per heavy atom. The molecule has 0 saturated heterocycles. The van der Waals surface area contributed by atoms with Crippen molar-refractivity contribution in [2.75, 3.05) is 13.1 Å². The van der Waals surface area contributed by atoms with Gasteiger partial charge in [-0.15, -0.1) is 0 Å². The average molecular weight is 314 g/mol. The molecule has 0 atom stereocenters. The number of rotatable bonds is 18. The lowest BCUT2D eigenvalue weighted by Crippen LogP contribution is -2.21. The molecular formula is C20H43NO. The van der Waals surface area contributed by atoms with E-state index in [0.717, 1.165) is 25.9 Å². The van der Waals surface area contributed by atoms with Crippen LogP contribution in [0.2, 0.25) is 0 Å². The molecule has 0 unspecified atom stereocenters. The van der Waals surface area contributed by atoms with Crippen molar-refractivity contribution < 1.29 is 5.21 Å². The molecule has 2 heteroatoms. The quantitative estimate of drug-likeness (QED) is 0.218. The summed E-state index contributed by atoms with van der Waals surface area (Å²) in [5.41, 5.74) is 0. The van der Waals surface area contributed by atoms with E-state index < -0.39 is 0 Å². The van der Waals surface area contributed by atoms with E-state index in [-0.39, 0.29) is 0 Å². The Bertz CT molecular complexity index is 176. The van der Waals surface area contributed by atoms with Crippen LogP contribution in [0.15, 0.2) is 0 Å². The van der Waals surface area contributed by atoms with Gasteiger partial charge in [-0.3, -0.25) is 0 Å². The first-order chi connectivity index (χ1) is 10.8. The van der Waals surface area contributed by atoms with Crippen molar-refractivity contribution in [2.45, 2.75) is 117 Å². The Labute approximate surface area is 140 Å². The van der Waals surface area contributed by atoms with Gasteiger partial charge in [0.1, 0.15) is 0 Å². The maximum Gasteiger partial charge on any atom is 0.0238 e. The summed E-state index contributed by atoms with van der Waals surface area (Å²) in [6, 6.07) is 0. The van der Waals surface area contributed by atoms with Crippen LogP contribution in [0.25, 0.3) is 0 Å². The average Bonchev–Trinajstić information content (AvgIpc) is 2.52. The highest BCUT2D eigenvalue weighted by Crippen LogP contribution is 2.10. The molecule has 0 bridgehead atoms. The fourth-order valence-electron chi connectivity index (χ4n) is 2.97. The minimum atomic E-state index is 0.867. The van der Waals surface area contributed by atoms with Crippen LogP contribution < -0.4 is 0 Å². The van der Waals surface area contributed by atoms with Gasteiger partial charge in [-0.2, -0.15) is 5.06 Å². The highest BCUT2D eigenvalue weighted by molar-refractivity contribution is 4.51. The summed E-state index contributed by atoms with van der Waals surface area (Å²) in [5, 5.41) is 11.4. The molecule has 1 N–H and O–H groups in total. The number of hydrogen-bond acceptors (Lipinski definition) is 2. The summed E-state index contributed by atoms with van der Waals surface area (Å²) in [7, 11) is 0. The summed E-state index contributed by atoms with van der Waals surface area (Å²) in [6.45, 7) is 6.27. The first kappa shape index (κ1) is 21.9. The van der Waals surface area contributed by atoms with E-state index in [1.807, 2.05) is 0 Å². The van der Waals surface area contributed by atoms with Crippen molar-refractivity contribution in [2.24, 2.45) is 0 Å². The van der Waals surface area contributed by atoms with E-state index in [1.54, 1.807) is 5.06 Å². The summed E-state index contributed by atoms with van der Waals surface area (Å²) in [5.74, 6) is 0. The number of hydrogen-bond donors (Lipinski definition) is 1. The van der Waals surface area contributed by atoms with Crippen LogP contribution in [-0.2, 0) is 0 Å². The first-order valence-electron chi connectivity index (χ1n) is 10.2. The predicted octanol–water partition coefficient (Wildman–Crippen LogP) is 6.96. The van der Waals surface area contributed by atoms with E-state index in [2.05, 4.69) is 13.8 Å². The van der Waals surface area contributed by atoms with E-state index in [4.69, 9.17) is 0 Å². The number of nitrogens with zero attached hydrogens (tertiary/aromatic N) is 1. The molecule has 0 aromatic heterocycles. The van der Waals surface area contributed by atoms with Crippen LogP contribution >= 0.6 is 0 Å². The molecule has 0 fully saturated rings. The van der Waals surface area contributed by atoms with E-state index in [9.17, 15) is 5.21 Å². The second kappa shape index (κ2) is 19.0. The number of hydroxylamine groups is 2. The van der Waals surface area contributed by atoms with Gasteiger partial charge in [0.2, 0.25) is 0 Å². The summed E-state index contributed by atoms with van der Waals surface area (Å²) in [6.07, 6.45) is 21.4. The standard InChI is InChI=1S/C20H43NO/c1-3-5-7-9-11-13-15-17-19-21(22)20-18-16-14-12-10-8-6-4-2/h22H,3-20H2,1-2H3. The van der Waals surface area contributed by atoms with Crippen LogP contribution in [0.3, 0.4) is 0 Å². The van der Waals surface area contributed by atoms with E-state index >= 15 is 0 Å². The SMILES string of the molecule is CCCCCCCCCCN(O)CCCCCCCCCC. The third-order valence-corrected chi connectivity index (χ3v) is 4.54. The molecule has 0 heterocycles. The molecule has 134 valence electrons. The third-order valence-electron chi connectivity index (χ3n) is 4.54. The minimum Gasteiger partial charge on any atom is -0.314 e. The van der Waals surface area contributed by atoms with Crippen molar-refractivity contribution >= 4 is 0 Å². The molecule has 0 aliphatic carbocycles. The minimum absolute atomic E-state index is 0.867. The van der Waals surface area contributed by atoms with Gasteiger partial charge in [0.05, 0.1) is 0 Å². The van der Waals surface area contributed by atoms with Gasteiger partial charge in [0.15, 0.2) is 0 Å². The lowest BCUT2D eigenvalue weighted by atomic mass is 10.1. The molecule has 0 saturated carbocycles. The van der Waals surface area contributed by atoms with Crippen LogP contribution in [0.1, 0.15) is 117 Å². The van der Waals surface area contributed by atoms with Crippen molar-refractivity contribution in [1.29, 1.82) is 0 Å². The maximum absolute atomic E-state index is 9.83. The lowest BCUT2D eigenvalue weighted by molar-refractivity contribution is -0.0925. The maximum atomic E-state index is 9.83. The zero-order valence-electron chi connectivity index (χ0n) is 15.6. The molecule has 0 aromatic carbocycles. The summed E-state index contributed by atoms with van der Waals surface area (Å²) >= 11 is 0. The van der Waals surface area contributed by atoms with Crippen LogP contribution in [0.4, 0.5) is 0 Å². The Morgan fingerprint density at radius 3 is 1.05 bits per heavy atom. The third kappa shape index (κ3) is 18.0. The van der Waals surface area contributed by atoms with Crippen molar-refractivity contribution in [3.05, 3.63) is 0 Å². The smallest absolute Gasteiger partial charge is 0.0238 e. The summed E-state index contributed by atoms with van der Waals surface area (Å²) < 4.78 is 0. The lowest BCUT2D eigenvalue weighted by Gasteiger charge is -2.14. The van der Waals surface area contributed by atoms with Crippen LogP contribution in [0.5, 0.6) is 0 Å². The molecule has 2 nitrogen and oxygen atoms in total. The molecule has 0 aromatic rings. The second-order valence-corrected chi connectivity index (χ2v) is 6.90. The van der Waals surface area contributed by atoms with Gasteiger partial charge in [-0.1, -0.05) is 104 Å². The van der Waals surface area contributed by atoms with Gasteiger partial charge in [-0.05, 0) is 12.8 Å². The van der Waals surface area contributed by atoms with Gasteiger partial charge >= 0.3 is 0 Å². The Balaban J connectivity index is 3.11. The Morgan fingerprint density at radius 2 is 0.727 bits per heavy atom. The Kier molecular flexibility index (Phi) is 18.9. The topological polar surface area (TPSA) is 23.5 Å². The molecule has 0 rings (SSSR count). The fraction of sp³-hybridized carbons (Fsp3) is 1.00. The molecular weight excluding hydrogens is 270 g/mol. The molecule has 0 aliphatic heterocycles. The van der Waals surface area contributed by atoms with Gasteiger partial charge in [-0.25, -0.2) is 0 Å². The fourth-order valence-corrected chi connectivity index (χ4v) is 2.97. The monoisotopic (exact) mass is 313 g/mol. The normalized spacial score (nSPS) is 11.5. The van der Waals surface area contributed by atoms with Gasteiger partial charge < -0.3 is 5.21 Å². The van der Waals surface area contributed by atoms with Crippen LogP contribution in [-0.4, -0.2) is 23.4 Å². The van der Waals surface area contributed by atoms with E-state index in [0.29, 0.717) is 0 Å². The zero-order chi connectivity index (χ0) is 16.3. The van der Waals surface area contributed by atoms with Crippen LogP contribution in [0, 0.1) is 0 Å². The van der Waals surface area contributed by atoms with Crippen molar-refractivity contribution in [3.63, 3.8) is 0 Å². The predicted molar refractivity (Wildman–Crippen MR) is 98.6 cm³/mol. The highest BCUT2D eigenvalue weighted by Gasteiger charge is 2.00. The van der Waals surface area contributed by atoms with Crippen molar-refractivity contribution in [3.8, 4) is 0 Å². The molecule has 0 aliphatic rings. The molecule has 0 radical (unpaired) electrons.